The van der Waals surface area contributed by atoms with E-state index in [0.717, 1.165) is 42.4 Å². The molecule has 1 fully saturated rings. The third-order valence-corrected chi connectivity index (χ3v) is 19.2. The quantitative estimate of drug-likeness (QED) is 0.0938. The molecule has 318 valence electrons. The summed E-state index contributed by atoms with van der Waals surface area (Å²) in [6.45, 7) is 21.9. The van der Waals surface area contributed by atoms with Gasteiger partial charge >= 0.3 is 7.12 Å². The van der Waals surface area contributed by atoms with Crippen LogP contribution in [0.2, 0.25) is 0 Å². The van der Waals surface area contributed by atoms with E-state index < -0.39 is 46.9 Å². The summed E-state index contributed by atoms with van der Waals surface area (Å²) in [5.74, 6) is 0. The maximum atomic E-state index is 12.7. The van der Waals surface area contributed by atoms with Gasteiger partial charge in [-0.25, -0.2) is 0 Å². The van der Waals surface area contributed by atoms with Crippen LogP contribution >= 0.6 is 83.0 Å². The molecule has 1 aliphatic rings. The van der Waals surface area contributed by atoms with Gasteiger partial charge in [0.05, 0.1) is 11.2 Å². The van der Waals surface area contributed by atoms with Crippen LogP contribution in [0.1, 0.15) is 27.7 Å². The Balaban J connectivity index is 0.000000180. The predicted octanol–water partition coefficient (Wildman–Crippen LogP) is 12.5. The zero-order chi connectivity index (χ0) is 44.8. The summed E-state index contributed by atoms with van der Waals surface area (Å²) in [4.78, 5) is 0. The van der Waals surface area contributed by atoms with Crippen molar-refractivity contribution in [3.05, 3.63) is 122 Å². The summed E-state index contributed by atoms with van der Waals surface area (Å²) in [6, 6.07) is 36.2. The zero-order valence-electron chi connectivity index (χ0n) is 36.3. The summed E-state index contributed by atoms with van der Waals surface area (Å²) in [5, 5.41) is 7.80. The average molecular weight is 1120 g/mol. The highest BCUT2D eigenvalue weighted by atomic mass is 127. The number of hydrogen-bond acceptors (Lipinski definition) is 6. The maximum absolute atomic E-state index is 12.7. The van der Waals surface area contributed by atoms with Crippen LogP contribution in [0.4, 0.5) is 0 Å². The fraction of sp³-hybridized carbons (Fsp3) is 0.304. The highest BCUT2D eigenvalue weighted by Crippen LogP contribution is 2.43. The molecule has 60 heavy (non-hydrogen) atoms. The van der Waals surface area contributed by atoms with Crippen molar-refractivity contribution in [1.82, 2.24) is 0 Å². The van der Waals surface area contributed by atoms with Gasteiger partial charge in [-0.1, -0.05) is 98.6 Å². The van der Waals surface area contributed by atoms with E-state index in [1.54, 1.807) is 59.4 Å². The van der Waals surface area contributed by atoms with E-state index in [4.69, 9.17) is 9.31 Å². The van der Waals surface area contributed by atoms with Gasteiger partial charge in [-0.15, -0.1) is 0 Å². The van der Waals surface area contributed by atoms with Gasteiger partial charge in [-0.3, -0.25) is 0 Å². The fourth-order valence-corrected chi connectivity index (χ4v) is 11.9. The molecule has 0 spiro atoms. The molecule has 0 bridgehead atoms. The molecule has 0 aromatic heterocycles. The molecule has 6 aromatic rings. The molecule has 0 amide bonds. The summed E-state index contributed by atoms with van der Waals surface area (Å²) in [6.07, 6.45) is 0. The van der Waals surface area contributed by atoms with Gasteiger partial charge in [0.25, 0.3) is 0 Å². The summed E-state index contributed by atoms with van der Waals surface area (Å²) in [5.41, 5.74) is 1.91. The molecule has 0 aliphatic carbocycles. The van der Waals surface area contributed by atoms with Gasteiger partial charge in [0, 0.05) is 33.7 Å². The van der Waals surface area contributed by atoms with Crippen molar-refractivity contribution < 1.29 is 27.6 Å². The number of hydrogen-bond donors (Lipinski definition) is 0. The van der Waals surface area contributed by atoms with Crippen molar-refractivity contribution >= 4 is 138 Å². The molecule has 6 aromatic carbocycles. The van der Waals surface area contributed by atoms with Crippen LogP contribution < -0.4 is 26.7 Å². The van der Waals surface area contributed by atoms with Gasteiger partial charge in [0.15, 0.2) is 0 Å². The van der Waals surface area contributed by atoms with Crippen molar-refractivity contribution in [3.8, 4) is 11.1 Å². The molecule has 0 atom stereocenters. The minimum absolute atomic E-state index is 0.446. The van der Waals surface area contributed by atoms with Crippen LogP contribution in [-0.2, 0) is 27.6 Å². The van der Waals surface area contributed by atoms with Gasteiger partial charge in [0.1, 0.15) is 28.6 Å². The SMILES string of the molecule is Brc1ccc(I)c2ccccc12.CC1(C)OB(c2cc(P(C)(C)=O)cc(P(C)(C)=O)c2)OC1(C)C.CP(C)(=O)c1cc(-c2ccc(Br)c3ccccc23)cc(P(C)(C)=O)c1. The Morgan fingerprint density at radius 2 is 0.833 bits per heavy atom. The fourth-order valence-electron chi connectivity index (χ4n) is 6.47. The van der Waals surface area contributed by atoms with Gasteiger partial charge < -0.3 is 27.6 Å². The average Bonchev–Trinajstić information content (AvgIpc) is 3.38. The van der Waals surface area contributed by atoms with Crippen LogP contribution in [-0.4, -0.2) is 71.6 Å². The van der Waals surface area contributed by atoms with E-state index in [0.29, 0.717) is 10.6 Å². The lowest BCUT2D eigenvalue weighted by atomic mass is 9.79. The van der Waals surface area contributed by atoms with Gasteiger partial charge in [0.2, 0.25) is 0 Å². The minimum atomic E-state index is -2.48. The third-order valence-electron chi connectivity index (χ3n) is 10.8. The summed E-state index contributed by atoms with van der Waals surface area (Å²) in [7, 11) is -10.4. The number of rotatable bonds is 6. The van der Waals surface area contributed by atoms with Crippen molar-refractivity contribution in [2.45, 2.75) is 38.9 Å². The first kappa shape index (κ1) is 49.5. The molecular weight excluding hydrogens is 1070 g/mol. The van der Waals surface area contributed by atoms with Crippen LogP contribution in [0, 0.1) is 3.57 Å². The number of fused-ring (bicyclic) bond motifs is 2. The Bertz CT molecular complexity index is 2650. The predicted molar refractivity (Wildman–Crippen MR) is 280 cm³/mol. The highest BCUT2D eigenvalue weighted by Gasteiger charge is 2.52. The summed E-state index contributed by atoms with van der Waals surface area (Å²) >= 11 is 9.49. The molecule has 1 heterocycles. The second-order valence-electron chi connectivity index (χ2n) is 17.7. The Morgan fingerprint density at radius 3 is 1.23 bits per heavy atom. The van der Waals surface area contributed by atoms with E-state index in [9.17, 15) is 18.3 Å². The molecule has 0 unspecified atom stereocenters. The molecule has 0 N–H and O–H groups in total. The molecule has 1 aliphatic heterocycles. The van der Waals surface area contributed by atoms with E-state index in [-0.39, 0.29) is 0 Å². The molecule has 1 saturated heterocycles. The molecular formula is C46H54BBr2IO6P4. The zero-order valence-corrected chi connectivity index (χ0v) is 45.2. The first-order chi connectivity index (χ1) is 27.5. The normalized spacial score (nSPS) is 15.3. The maximum Gasteiger partial charge on any atom is 0.494 e. The number of benzene rings is 6. The molecule has 0 saturated carbocycles. The minimum Gasteiger partial charge on any atom is -0.399 e. The van der Waals surface area contributed by atoms with Crippen molar-refractivity contribution in [2.75, 3.05) is 53.3 Å². The molecule has 7 rings (SSSR count). The smallest absolute Gasteiger partial charge is 0.399 e. The number of halogens is 3. The van der Waals surface area contributed by atoms with E-state index in [1.165, 1.54) is 18.8 Å². The standard InChI is InChI=1S/C20H21BrO2P2.C16H27BO4P2.C10H6BrI/c1-24(2,22)15-11-14(12-16(13-15)25(3,4)23)17-9-10-20(21)19-8-6-5-7-18(17)19;1-15(2)16(3,4)21-17(20-15)12-9-13(22(5,6)18)11-14(10-12)23(7,8)19;11-9-5-6-10(12)8-4-2-1-3-7(8)9/h5-13H,1-4H3;9-11H,1-8H3;1-6H. The molecule has 0 radical (unpaired) electrons. The lowest BCUT2D eigenvalue weighted by molar-refractivity contribution is 0.00578. The Morgan fingerprint density at radius 1 is 0.483 bits per heavy atom. The van der Waals surface area contributed by atoms with Crippen LogP contribution in [0.5, 0.6) is 0 Å². The van der Waals surface area contributed by atoms with Crippen LogP contribution in [0.15, 0.2) is 118 Å². The van der Waals surface area contributed by atoms with Gasteiger partial charge in [-0.05, 0) is 184 Å². The van der Waals surface area contributed by atoms with Crippen LogP contribution in [0.25, 0.3) is 32.7 Å². The Hall–Kier alpha value is -1.57. The summed E-state index contributed by atoms with van der Waals surface area (Å²) < 4.78 is 66.2. The lowest BCUT2D eigenvalue weighted by Crippen LogP contribution is -2.41. The topological polar surface area (TPSA) is 86.7 Å². The van der Waals surface area contributed by atoms with E-state index in [2.05, 4.69) is 109 Å². The third kappa shape index (κ3) is 11.8. The Labute approximate surface area is 387 Å². The highest BCUT2D eigenvalue weighted by molar-refractivity contribution is 14.1. The van der Waals surface area contributed by atoms with Crippen molar-refractivity contribution in [1.29, 1.82) is 0 Å². The first-order valence-corrected chi connectivity index (χ1v) is 32.4. The largest absolute Gasteiger partial charge is 0.494 e. The van der Waals surface area contributed by atoms with Crippen molar-refractivity contribution in [2.24, 2.45) is 0 Å². The second-order valence-corrected chi connectivity index (χ2v) is 33.5. The van der Waals surface area contributed by atoms with Gasteiger partial charge in [-0.2, -0.15) is 0 Å². The van der Waals surface area contributed by atoms with E-state index >= 15 is 0 Å². The first-order valence-electron chi connectivity index (χ1n) is 19.4. The second kappa shape index (κ2) is 18.5. The van der Waals surface area contributed by atoms with E-state index in [1.807, 2.05) is 76.2 Å². The molecule has 14 heteroatoms. The monoisotopic (exact) mass is 1120 g/mol. The lowest BCUT2D eigenvalue weighted by Gasteiger charge is -2.32. The van der Waals surface area contributed by atoms with Crippen LogP contribution in [0.3, 0.4) is 0 Å². The van der Waals surface area contributed by atoms with Crippen molar-refractivity contribution in [3.63, 3.8) is 0 Å². The molecule has 6 nitrogen and oxygen atoms in total. The Kier molecular flexibility index (Phi) is 15.2.